The summed E-state index contributed by atoms with van der Waals surface area (Å²) in [5.41, 5.74) is 0. The molecule has 1 amide bonds. The maximum atomic E-state index is 11.0. The SMILES string of the molecule is CC#CC(=O)NC(C)C(CO)SC. The van der Waals surface area contributed by atoms with Crippen molar-refractivity contribution in [3.05, 3.63) is 0 Å². The van der Waals surface area contributed by atoms with Crippen molar-refractivity contribution in [3.63, 3.8) is 0 Å². The standard InChI is InChI=1S/C9H15NO2S/c1-4-5-9(12)10-7(2)8(6-11)13-3/h7-8,11H,6H2,1-3H3,(H,10,12). The van der Waals surface area contributed by atoms with Crippen LogP contribution in [0.2, 0.25) is 0 Å². The van der Waals surface area contributed by atoms with Gasteiger partial charge in [0.2, 0.25) is 0 Å². The van der Waals surface area contributed by atoms with Gasteiger partial charge in [0.15, 0.2) is 0 Å². The van der Waals surface area contributed by atoms with E-state index in [0.29, 0.717) is 0 Å². The molecule has 2 unspecified atom stereocenters. The molecule has 0 aromatic rings. The Bertz CT molecular complexity index is 215. The lowest BCUT2D eigenvalue weighted by Crippen LogP contribution is -2.40. The van der Waals surface area contributed by atoms with Crippen LogP contribution >= 0.6 is 11.8 Å². The molecule has 13 heavy (non-hydrogen) atoms. The van der Waals surface area contributed by atoms with Gasteiger partial charge >= 0.3 is 0 Å². The van der Waals surface area contributed by atoms with Gasteiger partial charge in [-0.25, -0.2) is 0 Å². The Kier molecular flexibility index (Phi) is 6.47. The van der Waals surface area contributed by atoms with Crippen LogP contribution in [-0.2, 0) is 4.79 Å². The van der Waals surface area contributed by atoms with E-state index in [4.69, 9.17) is 5.11 Å². The van der Waals surface area contributed by atoms with E-state index in [2.05, 4.69) is 17.2 Å². The highest BCUT2D eigenvalue weighted by molar-refractivity contribution is 7.99. The second-order valence-corrected chi connectivity index (χ2v) is 3.67. The van der Waals surface area contributed by atoms with Crippen molar-refractivity contribution in [2.75, 3.05) is 12.9 Å². The predicted octanol–water partition coefficient (Wildman–Crippen LogP) is 0.238. The zero-order valence-corrected chi connectivity index (χ0v) is 8.94. The molecule has 0 aliphatic carbocycles. The fourth-order valence-corrected chi connectivity index (χ4v) is 1.51. The molecule has 0 spiro atoms. The summed E-state index contributed by atoms with van der Waals surface area (Å²) < 4.78 is 0. The molecule has 0 aromatic heterocycles. The minimum absolute atomic E-state index is 0.0302. The fourth-order valence-electron chi connectivity index (χ4n) is 0.886. The molecule has 0 radical (unpaired) electrons. The summed E-state index contributed by atoms with van der Waals surface area (Å²) in [6, 6.07) is -0.0617. The first-order chi connectivity index (χ1) is 6.15. The van der Waals surface area contributed by atoms with Crippen LogP contribution in [0.3, 0.4) is 0 Å². The first-order valence-corrected chi connectivity index (χ1v) is 5.31. The van der Waals surface area contributed by atoms with Crippen molar-refractivity contribution in [3.8, 4) is 11.8 Å². The Labute approximate surface area is 83.3 Å². The number of thioether (sulfide) groups is 1. The van der Waals surface area contributed by atoms with Crippen LogP contribution in [0.1, 0.15) is 13.8 Å². The normalized spacial score (nSPS) is 13.8. The van der Waals surface area contributed by atoms with E-state index in [-0.39, 0.29) is 23.8 Å². The van der Waals surface area contributed by atoms with Crippen LogP contribution in [0.4, 0.5) is 0 Å². The van der Waals surface area contributed by atoms with Gasteiger partial charge < -0.3 is 10.4 Å². The number of aliphatic hydroxyl groups is 1. The van der Waals surface area contributed by atoms with E-state index in [0.717, 1.165) is 0 Å². The Hall–Kier alpha value is -0.660. The second-order valence-electron chi connectivity index (χ2n) is 2.59. The molecule has 0 aromatic carbocycles. The summed E-state index contributed by atoms with van der Waals surface area (Å²) in [4.78, 5) is 11.0. The zero-order chi connectivity index (χ0) is 10.3. The number of amides is 1. The summed E-state index contributed by atoms with van der Waals surface area (Å²) in [6.07, 6.45) is 1.90. The van der Waals surface area contributed by atoms with Crippen molar-refractivity contribution in [2.45, 2.75) is 25.1 Å². The van der Waals surface area contributed by atoms with Gasteiger partial charge in [-0.15, -0.1) is 0 Å². The summed E-state index contributed by atoms with van der Waals surface area (Å²) >= 11 is 1.53. The second kappa shape index (κ2) is 6.81. The lowest BCUT2D eigenvalue weighted by molar-refractivity contribution is -0.116. The van der Waals surface area contributed by atoms with Crippen molar-refractivity contribution >= 4 is 17.7 Å². The van der Waals surface area contributed by atoms with Crippen molar-refractivity contribution in [2.24, 2.45) is 0 Å². The molecular weight excluding hydrogens is 186 g/mol. The maximum Gasteiger partial charge on any atom is 0.296 e. The molecular formula is C9H15NO2S. The summed E-state index contributed by atoms with van der Waals surface area (Å²) in [6.45, 7) is 3.52. The Morgan fingerprint density at radius 3 is 2.69 bits per heavy atom. The van der Waals surface area contributed by atoms with Crippen LogP contribution in [0.5, 0.6) is 0 Å². The molecule has 0 rings (SSSR count). The van der Waals surface area contributed by atoms with Gasteiger partial charge in [-0.2, -0.15) is 11.8 Å². The molecule has 2 atom stereocenters. The van der Waals surface area contributed by atoms with E-state index in [1.807, 2.05) is 13.2 Å². The third kappa shape index (κ3) is 4.81. The highest BCUT2D eigenvalue weighted by Crippen LogP contribution is 2.09. The van der Waals surface area contributed by atoms with E-state index in [1.54, 1.807) is 6.92 Å². The Morgan fingerprint density at radius 1 is 1.69 bits per heavy atom. The molecule has 0 aliphatic heterocycles. The predicted molar refractivity (Wildman–Crippen MR) is 55.4 cm³/mol. The number of carbonyl (C=O) groups excluding carboxylic acids is 1. The first kappa shape index (κ1) is 12.3. The largest absolute Gasteiger partial charge is 0.395 e. The lowest BCUT2D eigenvalue weighted by atomic mass is 10.2. The molecule has 0 bridgehead atoms. The number of hydrogen-bond acceptors (Lipinski definition) is 3. The highest BCUT2D eigenvalue weighted by Gasteiger charge is 2.15. The molecule has 74 valence electrons. The number of hydrogen-bond donors (Lipinski definition) is 2. The van der Waals surface area contributed by atoms with Crippen LogP contribution in [-0.4, -0.2) is 35.2 Å². The molecule has 0 saturated heterocycles. The molecule has 0 heterocycles. The molecule has 0 saturated carbocycles. The van der Waals surface area contributed by atoms with Crippen LogP contribution < -0.4 is 5.32 Å². The van der Waals surface area contributed by atoms with Gasteiger partial charge in [-0.3, -0.25) is 4.79 Å². The van der Waals surface area contributed by atoms with E-state index in [1.165, 1.54) is 11.8 Å². The molecule has 3 nitrogen and oxygen atoms in total. The molecule has 2 N–H and O–H groups in total. The monoisotopic (exact) mass is 201 g/mol. The highest BCUT2D eigenvalue weighted by atomic mass is 32.2. The van der Waals surface area contributed by atoms with Gasteiger partial charge in [0, 0.05) is 11.3 Å². The van der Waals surface area contributed by atoms with Crippen molar-refractivity contribution in [1.82, 2.24) is 5.32 Å². The van der Waals surface area contributed by atoms with Crippen LogP contribution in [0, 0.1) is 11.8 Å². The molecule has 4 heteroatoms. The number of rotatable bonds is 4. The molecule has 0 aliphatic rings. The van der Waals surface area contributed by atoms with Crippen LogP contribution in [0.25, 0.3) is 0 Å². The van der Waals surface area contributed by atoms with E-state index in [9.17, 15) is 4.79 Å². The Balaban J connectivity index is 4.02. The first-order valence-electron chi connectivity index (χ1n) is 4.02. The van der Waals surface area contributed by atoms with Gasteiger partial charge in [-0.1, -0.05) is 5.92 Å². The zero-order valence-electron chi connectivity index (χ0n) is 8.13. The van der Waals surface area contributed by atoms with Gasteiger partial charge in [0.05, 0.1) is 6.61 Å². The average molecular weight is 201 g/mol. The average Bonchev–Trinajstić information content (AvgIpc) is 2.06. The minimum atomic E-state index is -0.289. The smallest absolute Gasteiger partial charge is 0.296 e. The van der Waals surface area contributed by atoms with Crippen LogP contribution in [0.15, 0.2) is 0 Å². The van der Waals surface area contributed by atoms with Gasteiger partial charge in [0.1, 0.15) is 0 Å². The number of aliphatic hydroxyl groups excluding tert-OH is 1. The molecule has 0 fully saturated rings. The topological polar surface area (TPSA) is 49.3 Å². The van der Waals surface area contributed by atoms with Crippen molar-refractivity contribution in [1.29, 1.82) is 0 Å². The lowest BCUT2D eigenvalue weighted by Gasteiger charge is -2.19. The third-order valence-corrected chi connectivity index (χ3v) is 2.80. The van der Waals surface area contributed by atoms with Gasteiger partial charge in [0.25, 0.3) is 5.91 Å². The Morgan fingerprint density at radius 2 is 2.31 bits per heavy atom. The summed E-state index contributed by atoms with van der Waals surface area (Å²) in [5.74, 6) is 4.62. The minimum Gasteiger partial charge on any atom is -0.395 e. The summed E-state index contributed by atoms with van der Waals surface area (Å²) in [5, 5.41) is 11.7. The quantitative estimate of drug-likeness (QED) is 0.641. The fraction of sp³-hybridized carbons (Fsp3) is 0.667. The number of nitrogens with one attached hydrogen (secondary N) is 1. The maximum absolute atomic E-state index is 11.0. The van der Waals surface area contributed by atoms with E-state index < -0.39 is 0 Å². The van der Waals surface area contributed by atoms with Crippen molar-refractivity contribution < 1.29 is 9.90 Å². The van der Waals surface area contributed by atoms with Gasteiger partial charge in [-0.05, 0) is 26.0 Å². The van der Waals surface area contributed by atoms with E-state index >= 15 is 0 Å². The number of carbonyl (C=O) groups is 1. The third-order valence-electron chi connectivity index (χ3n) is 1.64. The summed E-state index contributed by atoms with van der Waals surface area (Å²) in [7, 11) is 0.